The molecule has 0 unspecified atom stereocenters. The van der Waals surface area contributed by atoms with Crippen molar-refractivity contribution >= 4 is 40.3 Å². The zero-order valence-electron chi connectivity index (χ0n) is 13.5. The molecule has 0 bridgehead atoms. The summed E-state index contributed by atoms with van der Waals surface area (Å²) in [6.45, 7) is 0.652. The molecular weight excluding hydrogens is 360 g/mol. The van der Waals surface area contributed by atoms with E-state index in [-0.39, 0.29) is 5.91 Å². The first-order valence-electron chi connectivity index (χ1n) is 7.43. The van der Waals surface area contributed by atoms with Gasteiger partial charge in [-0.05, 0) is 22.9 Å². The van der Waals surface area contributed by atoms with Gasteiger partial charge in [0.1, 0.15) is 5.82 Å². The van der Waals surface area contributed by atoms with Gasteiger partial charge >= 0.3 is 0 Å². The molecule has 8 heteroatoms. The van der Waals surface area contributed by atoms with E-state index in [9.17, 15) is 4.79 Å². The van der Waals surface area contributed by atoms with E-state index >= 15 is 0 Å². The summed E-state index contributed by atoms with van der Waals surface area (Å²) in [6.07, 6.45) is 0.772. The van der Waals surface area contributed by atoms with E-state index in [2.05, 4.69) is 21.6 Å². The molecule has 0 fully saturated rings. The van der Waals surface area contributed by atoms with E-state index in [1.165, 1.54) is 21.5 Å². The summed E-state index contributed by atoms with van der Waals surface area (Å²) in [5, 5.41) is 13.3. The molecule has 5 nitrogen and oxygen atoms in total. The van der Waals surface area contributed by atoms with E-state index in [0.29, 0.717) is 12.3 Å². The number of nitrogens with zero attached hydrogens (tertiary/aromatic N) is 4. The van der Waals surface area contributed by atoms with Gasteiger partial charge in [0.2, 0.25) is 5.91 Å². The lowest BCUT2D eigenvalue weighted by Crippen LogP contribution is -2.27. The molecule has 3 rings (SSSR count). The molecule has 3 aromatic heterocycles. The van der Waals surface area contributed by atoms with Crippen LogP contribution < -0.4 is 0 Å². The third kappa shape index (κ3) is 4.25. The summed E-state index contributed by atoms with van der Waals surface area (Å²) in [6, 6.07) is 8.17. The lowest BCUT2D eigenvalue weighted by Gasteiger charge is -2.15. The van der Waals surface area contributed by atoms with Crippen LogP contribution in [0.1, 0.15) is 15.6 Å². The molecule has 1 amide bonds. The van der Waals surface area contributed by atoms with Crippen molar-refractivity contribution in [2.75, 3.05) is 12.8 Å². The van der Waals surface area contributed by atoms with Gasteiger partial charge in [0.15, 0.2) is 5.16 Å². The molecule has 0 aromatic carbocycles. The number of rotatable bonds is 7. The van der Waals surface area contributed by atoms with Crippen LogP contribution in [-0.2, 0) is 24.8 Å². The standard InChI is InChI=1S/C16H18N4OS3/c1-19(10-13-6-4-8-23-13)15(21)11-24-16-18-17-14(20(16)2)9-12-5-3-7-22-12/h3-8H,9-11H2,1-2H3. The predicted molar refractivity (Wildman–Crippen MR) is 99.6 cm³/mol. The molecule has 24 heavy (non-hydrogen) atoms. The molecule has 0 saturated heterocycles. The Labute approximate surface area is 153 Å². The van der Waals surface area contributed by atoms with Crippen molar-refractivity contribution in [3.8, 4) is 0 Å². The molecule has 0 aliphatic rings. The molecule has 0 radical (unpaired) electrons. The zero-order chi connectivity index (χ0) is 16.9. The summed E-state index contributed by atoms with van der Waals surface area (Å²) >= 11 is 4.81. The van der Waals surface area contributed by atoms with Gasteiger partial charge in [0.25, 0.3) is 0 Å². The highest BCUT2D eigenvalue weighted by Gasteiger charge is 2.15. The van der Waals surface area contributed by atoms with Gasteiger partial charge in [-0.3, -0.25) is 4.79 Å². The molecule has 0 spiro atoms. The highest BCUT2D eigenvalue weighted by atomic mass is 32.2. The number of carbonyl (C=O) groups is 1. The van der Waals surface area contributed by atoms with Crippen molar-refractivity contribution in [1.82, 2.24) is 19.7 Å². The summed E-state index contributed by atoms with van der Waals surface area (Å²) in [5.41, 5.74) is 0. The maximum atomic E-state index is 12.3. The fourth-order valence-electron chi connectivity index (χ4n) is 2.15. The van der Waals surface area contributed by atoms with Crippen molar-refractivity contribution in [3.05, 3.63) is 50.6 Å². The molecule has 0 atom stereocenters. The first-order valence-corrected chi connectivity index (χ1v) is 10.2. The second-order valence-electron chi connectivity index (χ2n) is 5.33. The van der Waals surface area contributed by atoms with Crippen LogP contribution in [-0.4, -0.2) is 38.4 Å². The number of carbonyl (C=O) groups excluding carboxylic acids is 1. The number of thioether (sulfide) groups is 1. The zero-order valence-corrected chi connectivity index (χ0v) is 16.0. The van der Waals surface area contributed by atoms with Gasteiger partial charge in [-0.2, -0.15) is 0 Å². The van der Waals surface area contributed by atoms with E-state index in [0.717, 1.165) is 17.4 Å². The summed E-state index contributed by atoms with van der Waals surface area (Å²) < 4.78 is 1.97. The minimum absolute atomic E-state index is 0.0937. The highest BCUT2D eigenvalue weighted by Crippen LogP contribution is 2.20. The molecule has 3 aromatic rings. The molecule has 0 N–H and O–H groups in total. The van der Waals surface area contributed by atoms with Crippen LogP contribution in [0, 0.1) is 0 Å². The second-order valence-corrected chi connectivity index (χ2v) is 8.34. The first kappa shape index (κ1) is 17.2. The SMILES string of the molecule is CN(Cc1cccs1)C(=O)CSc1nnc(Cc2cccs2)n1C. The third-order valence-electron chi connectivity index (χ3n) is 3.56. The summed E-state index contributed by atoms with van der Waals surface area (Å²) in [4.78, 5) is 16.5. The quantitative estimate of drug-likeness (QED) is 0.592. The number of aromatic nitrogens is 3. The van der Waals surface area contributed by atoms with Crippen LogP contribution in [0.4, 0.5) is 0 Å². The van der Waals surface area contributed by atoms with E-state index < -0.39 is 0 Å². The average molecular weight is 379 g/mol. The lowest BCUT2D eigenvalue weighted by atomic mass is 10.3. The van der Waals surface area contributed by atoms with Crippen molar-refractivity contribution in [2.45, 2.75) is 18.1 Å². The monoisotopic (exact) mass is 378 g/mol. The van der Waals surface area contributed by atoms with Gasteiger partial charge in [-0.25, -0.2) is 0 Å². The fraction of sp³-hybridized carbons (Fsp3) is 0.312. The van der Waals surface area contributed by atoms with Crippen LogP contribution in [0.2, 0.25) is 0 Å². The molecular formula is C16H18N4OS3. The van der Waals surface area contributed by atoms with Crippen LogP contribution >= 0.6 is 34.4 Å². The minimum Gasteiger partial charge on any atom is -0.340 e. The Hall–Kier alpha value is -1.64. The average Bonchev–Trinajstić information content (AvgIpc) is 3.31. The molecule has 3 heterocycles. The summed E-state index contributed by atoms with van der Waals surface area (Å²) in [7, 11) is 3.78. The molecule has 0 aliphatic carbocycles. The highest BCUT2D eigenvalue weighted by molar-refractivity contribution is 7.99. The molecule has 0 saturated carbocycles. The minimum atomic E-state index is 0.0937. The number of hydrogen-bond donors (Lipinski definition) is 0. The first-order chi connectivity index (χ1) is 11.6. The molecule has 126 valence electrons. The van der Waals surface area contributed by atoms with Crippen LogP contribution in [0.25, 0.3) is 0 Å². The van der Waals surface area contributed by atoms with E-state index in [1.807, 2.05) is 42.2 Å². The normalized spacial score (nSPS) is 10.9. The van der Waals surface area contributed by atoms with Gasteiger partial charge in [-0.1, -0.05) is 23.9 Å². The van der Waals surface area contributed by atoms with E-state index in [4.69, 9.17) is 0 Å². The smallest absolute Gasteiger partial charge is 0.233 e. The Morgan fingerprint density at radius 3 is 2.58 bits per heavy atom. The maximum Gasteiger partial charge on any atom is 0.233 e. The van der Waals surface area contributed by atoms with Gasteiger partial charge in [0.05, 0.1) is 12.3 Å². The number of hydrogen-bond acceptors (Lipinski definition) is 6. The van der Waals surface area contributed by atoms with Crippen molar-refractivity contribution in [3.63, 3.8) is 0 Å². The topological polar surface area (TPSA) is 51.0 Å². The molecule has 0 aliphatic heterocycles. The second kappa shape index (κ2) is 7.96. The number of amides is 1. The number of thiophene rings is 2. The van der Waals surface area contributed by atoms with Gasteiger partial charge in [0, 0.05) is 30.3 Å². The van der Waals surface area contributed by atoms with Crippen LogP contribution in [0.3, 0.4) is 0 Å². The Morgan fingerprint density at radius 2 is 1.92 bits per heavy atom. The van der Waals surface area contributed by atoms with E-state index in [1.54, 1.807) is 27.6 Å². The Kier molecular flexibility index (Phi) is 5.70. The fourth-order valence-corrected chi connectivity index (χ4v) is 4.48. The van der Waals surface area contributed by atoms with Gasteiger partial charge in [-0.15, -0.1) is 32.9 Å². The van der Waals surface area contributed by atoms with Crippen molar-refractivity contribution in [1.29, 1.82) is 0 Å². The van der Waals surface area contributed by atoms with Crippen molar-refractivity contribution < 1.29 is 4.79 Å². The van der Waals surface area contributed by atoms with Crippen molar-refractivity contribution in [2.24, 2.45) is 7.05 Å². The predicted octanol–water partition coefficient (Wildman–Crippen LogP) is 3.28. The lowest BCUT2D eigenvalue weighted by molar-refractivity contribution is -0.127. The van der Waals surface area contributed by atoms with Crippen LogP contribution in [0.15, 0.2) is 40.2 Å². The third-order valence-corrected chi connectivity index (χ3v) is 6.30. The van der Waals surface area contributed by atoms with Gasteiger partial charge < -0.3 is 9.47 Å². The Balaban J connectivity index is 1.54. The summed E-state index contributed by atoms with van der Waals surface area (Å²) in [5.74, 6) is 1.38. The maximum absolute atomic E-state index is 12.3. The largest absolute Gasteiger partial charge is 0.340 e. The Bertz CT molecular complexity index is 780. The van der Waals surface area contributed by atoms with Crippen LogP contribution in [0.5, 0.6) is 0 Å². The Morgan fingerprint density at radius 1 is 1.21 bits per heavy atom.